The first kappa shape index (κ1) is 18.0. The first-order valence-corrected chi connectivity index (χ1v) is 8.98. The van der Waals surface area contributed by atoms with Crippen LogP contribution in [0.4, 0.5) is 5.69 Å². The molecule has 0 aliphatic rings. The maximum absolute atomic E-state index is 12.6. The second-order valence-electron chi connectivity index (χ2n) is 5.09. The largest absolute Gasteiger partial charge is 0.349 e. The number of anilines is 1. The van der Waals surface area contributed by atoms with Gasteiger partial charge >= 0.3 is 0 Å². The molecule has 2 aromatic carbocycles. The molecule has 7 heteroatoms. The number of sulfonamides is 1. The van der Waals surface area contributed by atoms with Crippen molar-refractivity contribution in [3.63, 3.8) is 0 Å². The fraction of sp³-hybridized carbons (Fsp3) is 0.118. The van der Waals surface area contributed by atoms with Crippen molar-refractivity contribution in [2.75, 3.05) is 11.3 Å². The smallest absolute Gasteiger partial charge is 0.262 e. The van der Waals surface area contributed by atoms with Crippen molar-refractivity contribution in [3.05, 3.63) is 71.3 Å². The quantitative estimate of drug-likeness (QED) is 0.772. The zero-order valence-corrected chi connectivity index (χ0v) is 14.6. The van der Waals surface area contributed by atoms with Gasteiger partial charge in [-0.05, 0) is 42.8 Å². The van der Waals surface area contributed by atoms with Gasteiger partial charge in [0.2, 0.25) is 0 Å². The minimum Gasteiger partial charge on any atom is -0.349 e. The van der Waals surface area contributed by atoms with E-state index in [4.69, 9.17) is 11.6 Å². The molecular formula is C17H17ClN2O3S. The summed E-state index contributed by atoms with van der Waals surface area (Å²) in [5, 5.41) is 3.04. The van der Waals surface area contributed by atoms with Crippen LogP contribution >= 0.6 is 11.6 Å². The van der Waals surface area contributed by atoms with E-state index < -0.39 is 10.0 Å². The second-order valence-corrected chi connectivity index (χ2v) is 7.18. The van der Waals surface area contributed by atoms with Gasteiger partial charge in [-0.3, -0.25) is 9.52 Å². The van der Waals surface area contributed by atoms with Gasteiger partial charge in [-0.15, -0.1) is 6.58 Å². The minimum atomic E-state index is -3.85. The van der Waals surface area contributed by atoms with Gasteiger partial charge in [-0.1, -0.05) is 29.8 Å². The molecule has 0 atom stereocenters. The molecule has 2 aromatic rings. The van der Waals surface area contributed by atoms with Crippen molar-refractivity contribution in [2.45, 2.75) is 11.8 Å². The Balaban J connectivity index is 2.35. The summed E-state index contributed by atoms with van der Waals surface area (Å²) in [6.07, 6.45) is 1.55. The van der Waals surface area contributed by atoms with Crippen LogP contribution in [0.1, 0.15) is 15.9 Å². The number of aryl methyl sites for hydroxylation is 1. The SMILES string of the molecule is C=CCNC(=O)c1ccc(C)c(S(=O)(=O)Nc2cccc(Cl)c2)c1. The third kappa shape index (κ3) is 4.37. The Hall–Kier alpha value is -2.31. The molecule has 0 unspecified atom stereocenters. The number of carbonyl (C=O) groups is 1. The number of hydrogen-bond acceptors (Lipinski definition) is 3. The van der Waals surface area contributed by atoms with E-state index in [0.29, 0.717) is 22.8 Å². The van der Waals surface area contributed by atoms with E-state index in [0.717, 1.165) is 0 Å². The number of halogens is 1. The maximum atomic E-state index is 12.6. The van der Waals surface area contributed by atoms with E-state index in [2.05, 4.69) is 16.6 Å². The van der Waals surface area contributed by atoms with E-state index in [-0.39, 0.29) is 16.4 Å². The van der Waals surface area contributed by atoms with Crippen molar-refractivity contribution in [2.24, 2.45) is 0 Å². The van der Waals surface area contributed by atoms with Gasteiger partial charge in [0.05, 0.1) is 10.6 Å². The summed E-state index contributed by atoms with van der Waals surface area (Å²) in [6, 6.07) is 10.9. The molecule has 2 N–H and O–H groups in total. The van der Waals surface area contributed by atoms with Crippen LogP contribution in [0.5, 0.6) is 0 Å². The summed E-state index contributed by atoms with van der Waals surface area (Å²) >= 11 is 5.87. The van der Waals surface area contributed by atoms with Gasteiger partial charge in [0.25, 0.3) is 15.9 Å². The molecular weight excluding hydrogens is 348 g/mol. The zero-order chi connectivity index (χ0) is 17.7. The summed E-state index contributed by atoms with van der Waals surface area (Å²) in [7, 11) is -3.85. The highest BCUT2D eigenvalue weighted by molar-refractivity contribution is 7.92. The zero-order valence-electron chi connectivity index (χ0n) is 13.0. The van der Waals surface area contributed by atoms with Gasteiger partial charge in [0.15, 0.2) is 0 Å². The molecule has 0 spiro atoms. The van der Waals surface area contributed by atoms with Crippen molar-refractivity contribution < 1.29 is 13.2 Å². The highest BCUT2D eigenvalue weighted by Crippen LogP contribution is 2.22. The summed E-state index contributed by atoms with van der Waals surface area (Å²) < 4.78 is 27.7. The number of amides is 1. The van der Waals surface area contributed by atoms with Crippen LogP contribution in [0.15, 0.2) is 60.0 Å². The Labute approximate surface area is 146 Å². The van der Waals surface area contributed by atoms with Gasteiger partial charge in [0, 0.05) is 17.1 Å². The average Bonchev–Trinajstić information content (AvgIpc) is 2.52. The summed E-state index contributed by atoms with van der Waals surface area (Å²) in [6.45, 7) is 5.49. The fourth-order valence-corrected chi connectivity index (χ4v) is 3.57. The molecule has 0 saturated carbocycles. The molecule has 24 heavy (non-hydrogen) atoms. The maximum Gasteiger partial charge on any atom is 0.262 e. The lowest BCUT2D eigenvalue weighted by molar-refractivity contribution is 0.0958. The molecule has 0 saturated heterocycles. The van der Waals surface area contributed by atoms with Crippen LogP contribution in [0, 0.1) is 6.92 Å². The summed E-state index contributed by atoms with van der Waals surface area (Å²) in [5.74, 6) is -0.367. The first-order chi connectivity index (χ1) is 11.3. The van der Waals surface area contributed by atoms with Crippen molar-refractivity contribution in [1.82, 2.24) is 5.32 Å². The predicted molar refractivity (Wildman–Crippen MR) is 96.0 cm³/mol. The van der Waals surface area contributed by atoms with Crippen LogP contribution < -0.4 is 10.0 Å². The lowest BCUT2D eigenvalue weighted by atomic mass is 10.1. The molecule has 2 rings (SSSR count). The van der Waals surface area contributed by atoms with Crippen LogP contribution in [0.3, 0.4) is 0 Å². The van der Waals surface area contributed by atoms with Crippen LogP contribution in [-0.2, 0) is 10.0 Å². The first-order valence-electron chi connectivity index (χ1n) is 7.11. The van der Waals surface area contributed by atoms with Crippen molar-refractivity contribution >= 4 is 33.2 Å². The number of rotatable bonds is 6. The van der Waals surface area contributed by atoms with E-state index in [1.807, 2.05) is 0 Å². The second kappa shape index (κ2) is 7.51. The molecule has 0 heterocycles. The molecule has 0 aliphatic carbocycles. The highest BCUT2D eigenvalue weighted by Gasteiger charge is 2.19. The van der Waals surface area contributed by atoms with Gasteiger partial charge < -0.3 is 5.32 Å². The molecule has 0 aromatic heterocycles. The lowest BCUT2D eigenvalue weighted by Crippen LogP contribution is -2.24. The molecule has 0 fully saturated rings. The Bertz CT molecular complexity index is 879. The van der Waals surface area contributed by atoms with Crippen molar-refractivity contribution in [3.8, 4) is 0 Å². The molecule has 0 bridgehead atoms. The average molecular weight is 365 g/mol. The number of benzene rings is 2. The van der Waals surface area contributed by atoms with Crippen LogP contribution in [0.25, 0.3) is 0 Å². The molecule has 0 aliphatic heterocycles. The third-order valence-electron chi connectivity index (χ3n) is 3.22. The van der Waals surface area contributed by atoms with Crippen molar-refractivity contribution in [1.29, 1.82) is 0 Å². The summed E-state index contributed by atoms with van der Waals surface area (Å²) in [5.41, 5.74) is 1.14. The highest BCUT2D eigenvalue weighted by atomic mass is 35.5. The number of hydrogen-bond donors (Lipinski definition) is 2. The molecule has 0 radical (unpaired) electrons. The Morgan fingerprint density at radius 1 is 1.25 bits per heavy atom. The third-order valence-corrected chi connectivity index (χ3v) is 4.98. The van der Waals surface area contributed by atoms with E-state index in [1.54, 1.807) is 43.3 Å². The van der Waals surface area contributed by atoms with E-state index >= 15 is 0 Å². The number of carbonyl (C=O) groups excluding carboxylic acids is 1. The van der Waals surface area contributed by atoms with Gasteiger partial charge in [-0.25, -0.2) is 8.42 Å². The monoisotopic (exact) mass is 364 g/mol. The van der Waals surface area contributed by atoms with Gasteiger partial charge in [-0.2, -0.15) is 0 Å². The van der Waals surface area contributed by atoms with Crippen LogP contribution in [0.2, 0.25) is 5.02 Å². The Morgan fingerprint density at radius 3 is 2.67 bits per heavy atom. The lowest BCUT2D eigenvalue weighted by Gasteiger charge is -2.12. The number of nitrogens with one attached hydrogen (secondary N) is 2. The molecule has 5 nitrogen and oxygen atoms in total. The minimum absolute atomic E-state index is 0.0359. The molecule has 1 amide bonds. The Morgan fingerprint density at radius 2 is 2.00 bits per heavy atom. The normalized spacial score (nSPS) is 10.9. The fourth-order valence-electron chi connectivity index (χ4n) is 2.06. The van der Waals surface area contributed by atoms with Crippen LogP contribution in [-0.4, -0.2) is 20.9 Å². The van der Waals surface area contributed by atoms with E-state index in [9.17, 15) is 13.2 Å². The van der Waals surface area contributed by atoms with E-state index in [1.165, 1.54) is 12.1 Å². The Kier molecular flexibility index (Phi) is 5.64. The predicted octanol–water partition coefficient (Wildman–Crippen LogP) is 3.37. The molecule has 126 valence electrons. The standard InChI is InChI=1S/C17H17ClN2O3S/c1-3-9-19-17(21)13-8-7-12(2)16(10-13)24(22,23)20-15-6-4-5-14(18)11-15/h3-8,10-11,20H,1,9H2,2H3,(H,19,21). The topological polar surface area (TPSA) is 75.3 Å². The summed E-state index contributed by atoms with van der Waals surface area (Å²) in [4.78, 5) is 12.0. The van der Waals surface area contributed by atoms with Gasteiger partial charge in [0.1, 0.15) is 0 Å².